The van der Waals surface area contributed by atoms with Crippen molar-refractivity contribution in [2.24, 2.45) is 0 Å². The van der Waals surface area contributed by atoms with Crippen molar-refractivity contribution in [3.05, 3.63) is 0 Å². The van der Waals surface area contributed by atoms with Crippen LogP contribution >= 0.6 is 11.8 Å². The third kappa shape index (κ3) is 7.70. The molecule has 0 aromatic carbocycles. The van der Waals surface area contributed by atoms with E-state index in [1.165, 1.54) is 14.0 Å². The summed E-state index contributed by atoms with van der Waals surface area (Å²) in [6.07, 6.45) is -4.20. The summed E-state index contributed by atoms with van der Waals surface area (Å²) in [5.74, 6) is -4.17. The second-order valence-electron chi connectivity index (χ2n) is 6.79. The number of hydrogen-bond acceptors (Lipinski definition) is 12. The van der Waals surface area contributed by atoms with Crippen LogP contribution in [0.3, 0.4) is 0 Å². The van der Waals surface area contributed by atoms with Gasteiger partial charge in [0.25, 0.3) is 0 Å². The molecule has 32 heavy (non-hydrogen) atoms. The Morgan fingerprint density at radius 3 is 1.88 bits per heavy atom. The monoisotopic (exact) mass is 477 g/mol. The van der Waals surface area contributed by atoms with Crippen molar-refractivity contribution >= 4 is 47.5 Å². The molecule has 180 valence electrons. The highest BCUT2D eigenvalue weighted by Crippen LogP contribution is 2.36. The number of rotatable bonds is 9. The van der Waals surface area contributed by atoms with Crippen molar-refractivity contribution in [3.8, 4) is 0 Å². The molecule has 0 spiro atoms. The third-order valence-electron chi connectivity index (χ3n) is 4.22. The summed E-state index contributed by atoms with van der Waals surface area (Å²) in [5.41, 5.74) is 0. The van der Waals surface area contributed by atoms with Crippen LogP contribution < -0.4 is 0 Å². The smallest absolute Gasteiger partial charge is 0.329 e. The molecule has 0 saturated carbocycles. The zero-order chi connectivity index (χ0) is 24.6. The second-order valence-corrected chi connectivity index (χ2v) is 7.94. The van der Waals surface area contributed by atoms with Crippen molar-refractivity contribution in [2.75, 3.05) is 19.5 Å². The van der Waals surface area contributed by atoms with Crippen LogP contribution in [0.15, 0.2) is 0 Å². The lowest BCUT2D eigenvalue weighted by Crippen LogP contribution is -2.57. The minimum absolute atomic E-state index is 0.115. The Morgan fingerprint density at radius 2 is 1.44 bits per heavy atom. The first-order valence-corrected chi connectivity index (χ1v) is 10.6. The highest BCUT2D eigenvalue weighted by atomic mass is 32.2. The second kappa shape index (κ2) is 12.3. The molecule has 0 bridgehead atoms. The van der Waals surface area contributed by atoms with E-state index in [1.807, 2.05) is 0 Å². The number of esters is 5. The van der Waals surface area contributed by atoms with E-state index >= 15 is 0 Å². The van der Waals surface area contributed by atoms with Gasteiger partial charge in [0, 0.05) is 40.4 Å². The maximum atomic E-state index is 12.4. The molecule has 12 nitrogen and oxygen atoms in total. The Balaban J connectivity index is 3.47. The molecule has 1 rings (SSSR count). The molecule has 1 aliphatic rings. The number of nitrogens with zero attached hydrogens (tertiary/aromatic N) is 1. The Labute approximate surface area is 189 Å². The van der Waals surface area contributed by atoms with Gasteiger partial charge in [0.1, 0.15) is 18.0 Å². The number of ether oxygens (including phenoxy) is 5. The molecule has 0 aromatic heterocycles. The molecule has 5 unspecified atom stereocenters. The number of carbonyl (C=O) groups excluding carboxylic acids is 6. The molecular formula is C19H27NO11S. The lowest BCUT2D eigenvalue weighted by Gasteiger charge is -2.37. The molecule has 13 heteroatoms. The first-order valence-electron chi connectivity index (χ1n) is 9.52. The zero-order valence-electron chi connectivity index (χ0n) is 18.6. The lowest BCUT2D eigenvalue weighted by molar-refractivity contribution is -0.192. The Hall–Kier alpha value is -2.83. The minimum atomic E-state index is -1.46. The van der Waals surface area contributed by atoms with E-state index in [4.69, 9.17) is 23.7 Å². The van der Waals surface area contributed by atoms with Crippen LogP contribution in [-0.2, 0) is 52.5 Å². The minimum Gasteiger partial charge on any atom is -0.467 e. The van der Waals surface area contributed by atoms with Crippen LogP contribution in [0, 0.1) is 0 Å². The van der Waals surface area contributed by atoms with E-state index in [9.17, 15) is 28.8 Å². The van der Waals surface area contributed by atoms with Crippen LogP contribution in [0.25, 0.3) is 0 Å². The van der Waals surface area contributed by atoms with Gasteiger partial charge in [-0.05, 0) is 0 Å². The average molecular weight is 477 g/mol. The summed E-state index contributed by atoms with van der Waals surface area (Å²) >= 11 is 1.08. The molecule has 0 radical (unpaired) electrons. The van der Waals surface area contributed by atoms with E-state index in [0.29, 0.717) is 0 Å². The maximum absolute atomic E-state index is 12.4. The molecule has 5 atom stereocenters. The van der Waals surface area contributed by atoms with E-state index in [-0.39, 0.29) is 5.75 Å². The number of carbonyl (C=O) groups is 6. The summed E-state index contributed by atoms with van der Waals surface area (Å²) in [6, 6.07) is -0.982. The fourth-order valence-corrected chi connectivity index (χ4v) is 4.66. The van der Waals surface area contributed by atoms with Gasteiger partial charge in [-0.25, -0.2) is 4.79 Å². The fraction of sp³-hybridized carbons (Fsp3) is 0.684. The number of methoxy groups -OCH3 is 1. The highest BCUT2D eigenvalue weighted by molar-refractivity contribution is 8.00. The molecule has 1 heterocycles. The number of thioether (sulfide) groups is 1. The van der Waals surface area contributed by atoms with Gasteiger partial charge >= 0.3 is 29.8 Å². The normalized spacial score (nSPS) is 20.4. The summed E-state index contributed by atoms with van der Waals surface area (Å²) in [4.78, 5) is 72.4. The number of hydrogen-bond donors (Lipinski definition) is 0. The van der Waals surface area contributed by atoms with Gasteiger partial charge in [0.2, 0.25) is 5.91 Å². The van der Waals surface area contributed by atoms with Crippen molar-refractivity contribution < 1.29 is 52.5 Å². The first kappa shape index (κ1) is 27.2. The molecule has 1 saturated heterocycles. The van der Waals surface area contributed by atoms with Gasteiger partial charge in [-0.15, -0.1) is 11.8 Å². The van der Waals surface area contributed by atoms with E-state index in [1.54, 1.807) is 0 Å². The SMILES string of the molecule is COC(=O)C1CSC(C(OC(C)=O)C(OC(C)=O)C(COC(C)=O)OC(C)=O)N1C(C)=O. The molecule has 0 aliphatic carbocycles. The number of amides is 1. The van der Waals surface area contributed by atoms with Crippen LogP contribution in [0.1, 0.15) is 34.6 Å². The topological polar surface area (TPSA) is 152 Å². The quantitative estimate of drug-likeness (QED) is 0.319. The van der Waals surface area contributed by atoms with E-state index in [0.717, 1.165) is 44.4 Å². The van der Waals surface area contributed by atoms with Crippen LogP contribution in [0.5, 0.6) is 0 Å². The summed E-state index contributed by atoms with van der Waals surface area (Å²) in [5, 5.41) is -1.000. The van der Waals surface area contributed by atoms with Crippen LogP contribution in [-0.4, -0.2) is 89.9 Å². The van der Waals surface area contributed by atoms with Gasteiger partial charge in [-0.3, -0.25) is 24.0 Å². The zero-order valence-corrected chi connectivity index (χ0v) is 19.5. The molecule has 1 fully saturated rings. The van der Waals surface area contributed by atoms with Gasteiger partial charge in [0.15, 0.2) is 18.3 Å². The van der Waals surface area contributed by atoms with Crippen molar-refractivity contribution in [3.63, 3.8) is 0 Å². The molecule has 0 aromatic rings. The fourth-order valence-electron chi connectivity index (χ4n) is 3.13. The standard InChI is InChI=1S/C19H27NO11S/c1-9(21)20-14(19(26)27-6)8-32-18(20)17(31-13(5)25)16(30-12(4)24)15(29-11(3)23)7-28-10(2)22/h14-18H,7-8H2,1-6H3. The summed E-state index contributed by atoms with van der Waals surface area (Å²) in [7, 11) is 1.17. The maximum Gasteiger partial charge on any atom is 0.329 e. The van der Waals surface area contributed by atoms with E-state index in [2.05, 4.69) is 0 Å². The lowest BCUT2D eigenvalue weighted by atomic mass is 10.1. The van der Waals surface area contributed by atoms with Gasteiger partial charge in [-0.2, -0.15) is 0 Å². The van der Waals surface area contributed by atoms with Gasteiger partial charge < -0.3 is 28.6 Å². The molecular weight excluding hydrogens is 450 g/mol. The Kier molecular flexibility index (Phi) is 10.4. The predicted molar refractivity (Wildman–Crippen MR) is 108 cm³/mol. The molecule has 1 amide bonds. The summed E-state index contributed by atoms with van der Waals surface area (Å²) in [6.45, 7) is 5.09. The first-order chi connectivity index (χ1) is 14.9. The highest BCUT2D eigenvalue weighted by Gasteiger charge is 2.51. The van der Waals surface area contributed by atoms with Crippen LogP contribution in [0.4, 0.5) is 0 Å². The summed E-state index contributed by atoms with van der Waals surface area (Å²) < 4.78 is 25.6. The van der Waals surface area contributed by atoms with Gasteiger partial charge in [0.05, 0.1) is 7.11 Å². The van der Waals surface area contributed by atoms with Crippen molar-refractivity contribution in [1.82, 2.24) is 4.90 Å². The predicted octanol–water partition coefficient (Wildman–Crippen LogP) is -0.192. The van der Waals surface area contributed by atoms with Crippen molar-refractivity contribution in [2.45, 2.75) is 64.3 Å². The van der Waals surface area contributed by atoms with Crippen LogP contribution in [0.2, 0.25) is 0 Å². The third-order valence-corrected chi connectivity index (χ3v) is 5.56. The molecule has 1 aliphatic heterocycles. The van der Waals surface area contributed by atoms with E-state index < -0.39 is 72.1 Å². The Bertz CT molecular complexity index is 756. The Morgan fingerprint density at radius 1 is 0.875 bits per heavy atom. The average Bonchev–Trinajstić information content (AvgIpc) is 3.11. The van der Waals surface area contributed by atoms with Gasteiger partial charge in [-0.1, -0.05) is 0 Å². The largest absolute Gasteiger partial charge is 0.467 e. The van der Waals surface area contributed by atoms with Crippen molar-refractivity contribution in [1.29, 1.82) is 0 Å². The molecule has 0 N–H and O–H groups in total.